The smallest absolute Gasteiger partial charge is 0.0662 e. The number of nitrogens with one attached hydrogen (secondary N) is 1. The van der Waals surface area contributed by atoms with Crippen molar-refractivity contribution in [3.05, 3.63) is 52.8 Å². The van der Waals surface area contributed by atoms with Gasteiger partial charge in [0.05, 0.1) is 19.3 Å². The molecule has 3 rings (SSSR count). The molecule has 1 aliphatic rings. The van der Waals surface area contributed by atoms with Crippen molar-refractivity contribution in [2.75, 3.05) is 19.8 Å². The summed E-state index contributed by atoms with van der Waals surface area (Å²) in [7, 11) is 0. The number of morpholine rings is 1. The summed E-state index contributed by atoms with van der Waals surface area (Å²) in [6.45, 7) is 4.33. The molecule has 0 aliphatic carbocycles. The highest BCUT2D eigenvalue weighted by atomic mass is 35.5. The number of aromatic nitrogens is 1. The molecule has 1 unspecified atom stereocenters. The molecule has 1 atom stereocenters. The van der Waals surface area contributed by atoms with E-state index in [1.807, 2.05) is 31.3 Å². The number of hydrogen-bond acceptors (Lipinski definition) is 3. The van der Waals surface area contributed by atoms with Crippen LogP contribution in [0, 0.1) is 6.92 Å². The summed E-state index contributed by atoms with van der Waals surface area (Å²) in [6.07, 6.45) is 1.83. The quantitative estimate of drug-likeness (QED) is 0.920. The van der Waals surface area contributed by atoms with Gasteiger partial charge in [0.25, 0.3) is 0 Å². The zero-order valence-corrected chi connectivity index (χ0v) is 12.2. The molecule has 2 aromatic rings. The van der Waals surface area contributed by atoms with Gasteiger partial charge in [0.1, 0.15) is 0 Å². The average molecular weight is 289 g/mol. The Morgan fingerprint density at radius 2 is 2.15 bits per heavy atom. The first-order valence-corrected chi connectivity index (χ1v) is 7.15. The molecular weight excluding hydrogens is 272 g/mol. The first kappa shape index (κ1) is 13.6. The topological polar surface area (TPSA) is 34.1 Å². The molecule has 1 fully saturated rings. The second-order valence-electron chi connectivity index (χ2n) is 5.04. The van der Waals surface area contributed by atoms with Crippen molar-refractivity contribution >= 4 is 11.6 Å². The fourth-order valence-corrected chi connectivity index (χ4v) is 2.73. The van der Waals surface area contributed by atoms with Crippen molar-refractivity contribution in [3.8, 4) is 11.1 Å². The highest BCUT2D eigenvalue weighted by molar-refractivity contribution is 6.31. The number of ether oxygens (including phenoxy) is 1. The van der Waals surface area contributed by atoms with E-state index in [2.05, 4.69) is 22.4 Å². The first-order valence-electron chi connectivity index (χ1n) is 6.77. The van der Waals surface area contributed by atoms with E-state index in [9.17, 15) is 0 Å². The molecule has 1 aliphatic heterocycles. The van der Waals surface area contributed by atoms with Gasteiger partial charge in [-0.25, -0.2) is 0 Å². The third kappa shape index (κ3) is 3.01. The van der Waals surface area contributed by atoms with Gasteiger partial charge in [-0.15, -0.1) is 0 Å². The van der Waals surface area contributed by atoms with Gasteiger partial charge < -0.3 is 10.1 Å². The summed E-state index contributed by atoms with van der Waals surface area (Å²) in [4.78, 5) is 4.23. The third-order valence-electron chi connectivity index (χ3n) is 3.47. The van der Waals surface area contributed by atoms with E-state index in [-0.39, 0.29) is 6.04 Å². The van der Waals surface area contributed by atoms with E-state index in [4.69, 9.17) is 16.3 Å². The van der Waals surface area contributed by atoms with Crippen LogP contribution in [-0.4, -0.2) is 24.7 Å². The van der Waals surface area contributed by atoms with E-state index >= 15 is 0 Å². The minimum atomic E-state index is 0.212. The Morgan fingerprint density at radius 3 is 2.90 bits per heavy atom. The lowest BCUT2D eigenvalue weighted by molar-refractivity contribution is 0.0769. The molecule has 2 heterocycles. The van der Waals surface area contributed by atoms with Crippen LogP contribution in [-0.2, 0) is 4.74 Å². The molecular formula is C16H17ClN2O. The van der Waals surface area contributed by atoms with Crippen LogP contribution in [0.25, 0.3) is 11.1 Å². The molecule has 1 saturated heterocycles. The Hall–Kier alpha value is -1.42. The Bertz CT molecular complexity index is 609. The average Bonchev–Trinajstić information content (AvgIpc) is 2.47. The maximum Gasteiger partial charge on any atom is 0.0662 e. The molecule has 1 N–H and O–H groups in total. The maximum atomic E-state index is 6.27. The molecule has 104 valence electrons. The third-order valence-corrected chi connectivity index (χ3v) is 3.69. The lowest BCUT2D eigenvalue weighted by Gasteiger charge is -2.24. The van der Waals surface area contributed by atoms with E-state index < -0.39 is 0 Å². The van der Waals surface area contributed by atoms with E-state index in [1.165, 1.54) is 5.56 Å². The Labute approximate surface area is 123 Å². The summed E-state index contributed by atoms with van der Waals surface area (Å²) in [5.74, 6) is 0. The largest absolute Gasteiger partial charge is 0.378 e. The van der Waals surface area contributed by atoms with Gasteiger partial charge in [-0.05, 0) is 53.9 Å². The second kappa shape index (κ2) is 5.92. The lowest BCUT2D eigenvalue weighted by Crippen LogP contribution is -2.34. The standard InChI is InChI=1S/C16H17ClN2O/c1-11-6-12(2-3-18-11)13-7-14(9-15(17)8-13)16-10-20-5-4-19-16/h2-3,6-9,16,19H,4-5,10H2,1H3. The Balaban J connectivity index is 1.97. The number of hydrogen-bond donors (Lipinski definition) is 1. The molecule has 1 aromatic carbocycles. The number of nitrogens with zero attached hydrogens (tertiary/aromatic N) is 1. The summed E-state index contributed by atoms with van der Waals surface area (Å²) in [5, 5.41) is 4.21. The van der Waals surface area contributed by atoms with E-state index in [1.54, 1.807) is 0 Å². The van der Waals surface area contributed by atoms with Crippen LogP contribution in [0.4, 0.5) is 0 Å². The van der Waals surface area contributed by atoms with Crippen molar-refractivity contribution in [1.29, 1.82) is 0 Å². The van der Waals surface area contributed by atoms with Crippen LogP contribution in [0.5, 0.6) is 0 Å². The first-order chi connectivity index (χ1) is 9.72. The fraction of sp³-hybridized carbons (Fsp3) is 0.312. The minimum Gasteiger partial charge on any atom is -0.378 e. The molecule has 0 saturated carbocycles. The van der Waals surface area contributed by atoms with Crippen molar-refractivity contribution in [3.63, 3.8) is 0 Å². The molecule has 20 heavy (non-hydrogen) atoms. The van der Waals surface area contributed by atoms with Gasteiger partial charge in [-0.3, -0.25) is 4.98 Å². The van der Waals surface area contributed by atoms with Gasteiger partial charge >= 0.3 is 0 Å². The summed E-state index contributed by atoms with van der Waals surface area (Å²) < 4.78 is 5.53. The monoisotopic (exact) mass is 288 g/mol. The van der Waals surface area contributed by atoms with Crippen LogP contribution in [0.15, 0.2) is 36.5 Å². The van der Waals surface area contributed by atoms with Crippen LogP contribution in [0.3, 0.4) is 0 Å². The number of rotatable bonds is 2. The summed E-state index contributed by atoms with van der Waals surface area (Å²) in [6, 6.07) is 10.5. The SMILES string of the molecule is Cc1cc(-c2cc(Cl)cc(C3COCCN3)c2)ccn1. The Kier molecular flexibility index (Phi) is 4.01. The van der Waals surface area contributed by atoms with Gasteiger partial charge in [-0.1, -0.05) is 11.6 Å². The number of benzene rings is 1. The van der Waals surface area contributed by atoms with Crippen molar-refractivity contribution in [2.24, 2.45) is 0 Å². The highest BCUT2D eigenvalue weighted by Crippen LogP contribution is 2.28. The second-order valence-corrected chi connectivity index (χ2v) is 5.48. The van der Waals surface area contributed by atoms with Crippen molar-refractivity contribution < 1.29 is 4.74 Å². The number of halogens is 1. The van der Waals surface area contributed by atoms with Gasteiger partial charge in [-0.2, -0.15) is 0 Å². The lowest BCUT2D eigenvalue weighted by atomic mass is 9.99. The molecule has 0 spiro atoms. The van der Waals surface area contributed by atoms with Crippen molar-refractivity contribution in [2.45, 2.75) is 13.0 Å². The predicted octanol–water partition coefficient (Wildman–Crippen LogP) is 3.37. The highest BCUT2D eigenvalue weighted by Gasteiger charge is 2.16. The molecule has 3 nitrogen and oxygen atoms in total. The normalized spacial score (nSPS) is 19.0. The molecule has 1 aromatic heterocycles. The van der Waals surface area contributed by atoms with Crippen LogP contribution in [0.2, 0.25) is 5.02 Å². The van der Waals surface area contributed by atoms with Crippen LogP contribution in [0.1, 0.15) is 17.3 Å². The van der Waals surface area contributed by atoms with Gasteiger partial charge in [0.2, 0.25) is 0 Å². The van der Waals surface area contributed by atoms with Gasteiger partial charge in [0, 0.05) is 23.5 Å². The maximum absolute atomic E-state index is 6.27. The number of aryl methyl sites for hydroxylation is 1. The van der Waals surface area contributed by atoms with Crippen LogP contribution < -0.4 is 5.32 Å². The zero-order chi connectivity index (χ0) is 13.9. The van der Waals surface area contributed by atoms with E-state index in [0.717, 1.165) is 35.0 Å². The van der Waals surface area contributed by atoms with E-state index in [0.29, 0.717) is 6.61 Å². The summed E-state index contributed by atoms with van der Waals surface area (Å²) >= 11 is 6.27. The fourth-order valence-electron chi connectivity index (χ4n) is 2.48. The summed E-state index contributed by atoms with van der Waals surface area (Å²) in [5.41, 5.74) is 4.42. The van der Waals surface area contributed by atoms with Gasteiger partial charge in [0.15, 0.2) is 0 Å². The van der Waals surface area contributed by atoms with Crippen LogP contribution >= 0.6 is 11.6 Å². The van der Waals surface area contributed by atoms with Crippen molar-refractivity contribution in [1.82, 2.24) is 10.3 Å². The predicted molar refractivity (Wildman–Crippen MR) is 81.0 cm³/mol. The molecule has 0 radical (unpaired) electrons. The molecule has 4 heteroatoms. The molecule has 0 bridgehead atoms. The molecule has 0 amide bonds. The zero-order valence-electron chi connectivity index (χ0n) is 11.4. The minimum absolute atomic E-state index is 0.212. The Morgan fingerprint density at radius 1 is 1.25 bits per heavy atom. The number of pyridine rings is 1.